The molecule has 0 aromatic heterocycles. The van der Waals surface area contributed by atoms with E-state index in [4.69, 9.17) is 8.85 Å². The molecule has 4 aliphatic rings. The van der Waals surface area contributed by atoms with Crippen molar-refractivity contribution in [2.24, 2.45) is 40.4 Å². The summed E-state index contributed by atoms with van der Waals surface area (Å²) in [6.45, 7) is 22.1. The van der Waals surface area contributed by atoms with Gasteiger partial charge < -0.3 is 8.85 Å². The highest BCUT2D eigenvalue weighted by molar-refractivity contribution is 6.70. The van der Waals surface area contributed by atoms with E-state index < -0.39 is 16.6 Å². The molecule has 0 aromatic rings. The van der Waals surface area contributed by atoms with Gasteiger partial charge in [0, 0.05) is 12.2 Å². The van der Waals surface area contributed by atoms with E-state index in [0.29, 0.717) is 23.0 Å². The Hall–Kier alpha value is 0.354. The van der Waals surface area contributed by atoms with Crippen LogP contribution in [0.25, 0.3) is 0 Å². The summed E-state index contributed by atoms with van der Waals surface area (Å²) in [4.78, 5) is 0. The molecule has 4 rings (SSSR count). The molecule has 0 N–H and O–H groups in total. The molecule has 0 spiro atoms. The van der Waals surface area contributed by atoms with Crippen molar-refractivity contribution in [2.45, 2.75) is 130 Å². The molecule has 0 bridgehead atoms. The largest absolute Gasteiger partial charge is 0.415 e. The van der Waals surface area contributed by atoms with E-state index in [1.54, 1.807) is 0 Å². The van der Waals surface area contributed by atoms with Crippen molar-refractivity contribution in [3.8, 4) is 0 Å². The molecule has 4 saturated carbocycles. The zero-order valence-corrected chi connectivity index (χ0v) is 24.2. The van der Waals surface area contributed by atoms with Crippen LogP contribution in [0.5, 0.6) is 0 Å². The molecule has 4 aliphatic carbocycles. The second-order valence-electron chi connectivity index (χ2n) is 14.4. The summed E-state index contributed by atoms with van der Waals surface area (Å²) in [7, 11) is -3.05. The molecule has 180 valence electrons. The minimum atomic E-state index is -1.58. The fourth-order valence-electron chi connectivity index (χ4n) is 9.25. The monoisotopic (exact) mass is 464 g/mol. The van der Waals surface area contributed by atoms with Gasteiger partial charge in [-0.05, 0) is 131 Å². The first kappa shape index (κ1) is 24.5. The van der Waals surface area contributed by atoms with Crippen LogP contribution in [0, 0.1) is 40.4 Å². The van der Waals surface area contributed by atoms with Gasteiger partial charge in [0.05, 0.1) is 0 Å². The van der Waals surface area contributed by atoms with Gasteiger partial charge >= 0.3 is 0 Å². The van der Waals surface area contributed by atoms with E-state index >= 15 is 0 Å². The Bertz CT molecular complexity index is 653. The average molecular weight is 465 g/mol. The van der Waals surface area contributed by atoms with E-state index in [1.165, 1.54) is 57.8 Å². The van der Waals surface area contributed by atoms with Crippen LogP contribution in [0.3, 0.4) is 0 Å². The van der Waals surface area contributed by atoms with E-state index in [-0.39, 0.29) is 0 Å². The Morgan fingerprint density at radius 2 is 1.48 bits per heavy atom. The minimum absolute atomic E-state index is 0.457. The van der Waals surface area contributed by atoms with Crippen molar-refractivity contribution in [2.75, 3.05) is 0 Å². The lowest BCUT2D eigenvalue weighted by atomic mass is 9.44. The first-order valence-corrected chi connectivity index (χ1v) is 20.4. The lowest BCUT2D eigenvalue weighted by Gasteiger charge is -2.64. The highest BCUT2D eigenvalue weighted by Crippen LogP contribution is 2.68. The Balaban J connectivity index is 1.64. The zero-order chi connectivity index (χ0) is 22.8. The van der Waals surface area contributed by atoms with Gasteiger partial charge in [0.25, 0.3) is 0 Å². The molecule has 31 heavy (non-hydrogen) atoms. The fraction of sp³-hybridized carbons (Fsp3) is 1.00. The summed E-state index contributed by atoms with van der Waals surface area (Å²) < 4.78 is 13.8. The molecule has 0 radical (unpaired) electrons. The Morgan fingerprint density at radius 1 is 0.806 bits per heavy atom. The van der Waals surface area contributed by atoms with Crippen molar-refractivity contribution in [3.63, 3.8) is 0 Å². The third-order valence-electron chi connectivity index (χ3n) is 10.2. The summed E-state index contributed by atoms with van der Waals surface area (Å²) in [5, 5.41) is 0. The van der Waals surface area contributed by atoms with Crippen LogP contribution in [0.4, 0.5) is 0 Å². The second-order valence-corrected chi connectivity index (χ2v) is 23.3. The van der Waals surface area contributed by atoms with Crippen molar-refractivity contribution in [3.05, 3.63) is 0 Å². The van der Waals surface area contributed by atoms with Gasteiger partial charge in [-0.2, -0.15) is 0 Å². The van der Waals surface area contributed by atoms with Gasteiger partial charge in [0.2, 0.25) is 0 Å². The molecule has 2 nitrogen and oxygen atoms in total. The van der Waals surface area contributed by atoms with Crippen LogP contribution >= 0.6 is 0 Å². The van der Waals surface area contributed by atoms with E-state index in [0.717, 1.165) is 29.6 Å². The molecule has 0 aromatic carbocycles. The van der Waals surface area contributed by atoms with Gasteiger partial charge in [0.15, 0.2) is 16.6 Å². The molecule has 0 saturated heterocycles. The molecular formula is C27H52O2Si2. The van der Waals surface area contributed by atoms with Crippen LogP contribution in [0.15, 0.2) is 0 Å². The third kappa shape index (κ3) is 4.54. The Morgan fingerprint density at radius 3 is 2.10 bits per heavy atom. The van der Waals surface area contributed by atoms with Gasteiger partial charge in [-0.15, -0.1) is 0 Å². The van der Waals surface area contributed by atoms with E-state index in [9.17, 15) is 0 Å². The normalized spacial score (nSPS) is 48.1. The molecule has 0 amide bonds. The van der Waals surface area contributed by atoms with Crippen molar-refractivity contribution < 1.29 is 8.85 Å². The average Bonchev–Trinajstić information content (AvgIpc) is 2.95. The van der Waals surface area contributed by atoms with Crippen LogP contribution in [-0.2, 0) is 8.85 Å². The predicted molar refractivity (Wildman–Crippen MR) is 137 cm³/mol. The quantitative estimate of drug-likeness (QED) is 0.382. The summed E-state index contributed by atoms with van der Waals surface area (Å²) >= 11 is 0. The number of fused-ring (bicyclic) bond motifs is 5. The molecule has 3 unspecified atom stereocenters. The maximum atomic E-state index is 7.15. The Labute approximate surface area is 195 Å². The van der Waals surface area contributed by atoms with Crippen LogP contribution in [-0.4, -0.2) is 28.8 Å². The van der Waals surface area contributed by atoms with Crippen molar-refractivity contribution in [1.82, 2.24) is 0 Å². The molecule has 4 fully saturated rings. The molecule has 0 heterocycles. The van der Waals surface area contributed by atoms with Crippen molar-refractivity contribution >= 4 is 16.6 Å². The third-order valence-corrected chi connectivity index (χ3v) is 12.3. The maximum Gasteiger partial charge on any atom is 0.184 e. The zero-order valence-electron chi connectivity index (χ0n) is 22.2. The van der Waals surface area contributed by atoms with E-state index in [1.807, 2.05) is 0 Å². The van der Waals surface area contributed by atoms with Gasteiger partial charge in [0.1, 0.15) is 0 Å². The van der Waals surface area contributed by atoms with Crippen LogP contribution < -0.4 is 0 Å². The molecule has 9 atom stereocenters. The van der Waals surface area contributed by atoms with Crippen molar-refractivity contribution in [1.29, 1.82) is 0 Å². The van der Waals surface area contributed by atoms with Crippen LogP contribution in [0.1, 0.15) is 78.6 Å². The lowest BCUT2D eigenvalue weighted by Crippen LogP contribution is -2.61. The van der Waals surface area contributed by atoms with Gasteiger partial charge in [-0.1, -0.05) is 27.2 Å². The van der Waals surface area contributed by atoms with Crippen LogP contribution in [0.2, 0.25) is 39.3 Å². The predicted octanol–water partition coefficient (Wildman–Crippen LogP) is 8.11. The highest BCUT2D eigenvalue weighted by atomic mass is 28.4. The van der Waals surface area contributed by atoms with E-state index in [2.05, 4.69) is 60.1 Å². The molecular weight excluding hydrogens is 412 g/mol. The second kappa shape index (κ2) is 8.24. The lowest BCUT2D eigenvalue weighted by molar-refractivity contribution is -0.171. The minimum Gasteiger partial charge on any atom is -0.415 e. The van der Waals surface area contributed by atoms with Gasteiger partial charge in [-0.25, -0.2) is 0 Å². The maximum absolute atomic E-state index is 7.15. The molecule has 4 heteroatoms. The summed E-state index contributed by atoms with van der Waals surface area (Å²) in [5.41, 5.74) is 0.972. The first-order valence-electron chi connectivity index (χ1n) is 13.6. The summed E-state index contributed by atoms with van der Waals surface area (Å²) in [6.07, 6.45) is 13.5. The standard InChI is InChI=1S/C27H52O2Si2/c1-10-19-12-14-23-22-13-11-20-17-21(28-30(4,5)6)15-16-26(20,2)25(22)24(18-27(19,23)3)29-31(7,8)9/h19-25H,10-18H2,1-9H3/t19-,20+,21-,22?,23?,24-,25?,26-,27+/m0/s1. The summed E-state index contributed by atoms with van der Waals surface area (Å²) in [6, 6.07) is 0. The van der Waals surface area contributed by atoms with Gasteiger partial charge in [-0.3, -0.25) is 0 Å². The smallest absolute Gasteiger partial charge is 0.184 e. The topological polar surface area (TPSA) is 18.5 Å². The first-order chi connectivity index (χ1) is 14.3. The fourth-order valence-corrected chi connectivity index (χ4v) is 11.6. The SMILES string of the molecule is CC[C@H]1CCC2C3CC[C@@H]4C[C@@H](O[Si](C)(C)C)CC[C@]4(C)C3[C@@H](O[Si](C)(C)C)C[C@@]21C. The number of hydrogen-bond acceptors (Lipinski definition) is 2. The Kier molecular flexibility index (Phi) is 6.50. The number of hydrogen-bond donors (Lipinski definition) is 0. The molecule has 0 aliphatic heterocycles. The number of rotatable bonds is 5. The summed E-state index contributed by atoms with van der Waals surface area (Å²) in [5.74, 6) is 4.37. The highest BCUT2D eigenvalue weighted by Gasteiger charge is 2.63.